The number of amides is 1. The first-order valence-electron chi connectivity index (χ1n) is 8.75. The molecule has 2 atom stereocenters. The molecule has 138 valence electrons. The molecule has 0 unspecified atom stereocenters. The van der Waals surface area contributed by atoms with Gasteiger partial charge in [-0.1, -0.05) is 30.3 Å². The molecule has 4 rings (SSSR count). The molecule has 1 N–H and O–H groups in total. The molecule has 2 aliphatic heterocycles. The number of benzene rings is 1. The van der Waals surface area contributed by atoms with Crippen LogP contribution in [0.2, 0.25) is 0 Å². The predicted octanol–water partition coefficient (Wildman–Crippen LogP) is 1.26. The van der Waals surface area contributed by atoms with Crippen LogP contribution in [0.5, 0.6) is 0 Å². The van der Waals surface area contributed by atoms with Crippen molar-refractivity contribution in [2.24, 2.45) is 0 Å². The second-order valence-corrected chi connectivity index (χ2v) is 8.86. The summed E-state index contributed by atoms with van der Waals surface area (Å²) in [6.45, 7) is 0.521. The summed E-state index contributed by atoms with van der Waals surface area (Å²) in [6.07, 6.45) is 3.43. The molecule has 8 heteroatoms. The molecule has 0 aliphatic carbocycles. The minimum Gasteiger partial charge on any atom is -0.354 e. The third kappa shape index (κ3) is 2.73. The van der Waals surface area contributed by atoms with Gasteiger partial charge in [-0.3, -0.25) is 4.79 Å². The summed E-state index contributed by atoms with van der Waals surface area (Å²) in [7, 11) is -1.71. The van der Waals surface area contributed by atoms with E-state index in [1.54, 1.807) is 11.4 Å². The van der Waals surface area contributed by atoms with Crippen molar-refractivity contribution in [3.8, 4) is 11.4 Å². The maximum atomic E-state index is 12.4. The zero-order chi connectivity index (χ0) is 18.5. The number of carbonyl (C=O) groups excluding carboxylic acids is 1. The predicted molar refractivity (Wildman–Crippen MR) is 98.3 cm³/mol. The van der Waals surface area contributed by atoms with E-state index in [2.05, 4.69) is 10.3 Å². The molecule has 0 spiro atoms. The van der Waals surface area contributed by atoms with Crippen molar-refractivity contribution >= 4 is 15.9 Å². The lowest BCUT2D eigenvalue weighted by atomic mass is 10.1. The van der Waals surface area contributed by atoms with E-state index in [-0.39, 0.29) is 18.0 Å². The SMILES string of the molecule is CNC(=O)c1nc(-c2ccccc2)n2c1C[C@@H]1CC[C@H](C2)N1S(C)(=O)=O. The van der Waals surface area contributed by atoms with Crippen molar-refractivity contribution in [1.29, 1.82) is 0 Å². The number of aromatic nitrogens is 2. The molecule has 7 nitrogen and oxygen atoms in total. The Morgan fingerprint density at radius 3 is 2.54 bits per heavy atom. The summed E-state index contributed by atoms with van der Waals surface area (Å²) in [5.74, 6) is 0.486. The van der Waals surface area contributed by atoms with Gasteiger partial charge in [0.05, 0.1) is 11.9 Å². The summed E-state index contributed by atoms with van der Waals surface area (Å²) in [5, 5.41) is 2.66. The van der Waals surface area contributed by atoms with E-state index in [0.29, 0.717) is 18.7 Å². The van der Waals surface area contributed by atoms with Crippen LogP contribution in [0.1, 0.15) is 29.0 Å². The van der Waals surface area contributed by atoms with Crippen LogP contribution in [0.15, 0.2) is 30.3 Å². The van der Waals surface area contributed by atoms with Crippen molar-refractivity contribution in [1.82, 2.24) is 19.2 Å². The molecule has 2 aliphatic rings. The molecule has 1 aromatic carbocycles. The fourth-order valence-electron chi connectivity index (χ4n) is 4.27. The van der Waals surface area contributed by atoms with E-state index >= 15 is 0 Å². The highest BCUT2D eigenvalue weighted by atomic mass is 32.2. The van der Waals surface area contributed by atoms with Crippen molar-refractivity contribution in [3.05, 3.63) is 41.7 Å². The number of carbonyl (C=O) groups is 1. The van der Waals surface area contributed by atoms with Crippen molar-refractivity contribution in [3.63, 3.8) is 0 Å². The van der Waals surface area contributed by atoms with E-state index in [4.69, 9.17) is 0 Å². The van der Waals surface area contributed by atoms with E-state index in [1.807, 2.05) is 34.9 Å². The molecule has 3 heterocycles. The number of imidazole rings is 1. The van der Waals surface area contributed by atoms with Crippen molar-refractivity contribution < 1.29 is 13.2 Å². The zero-order valence-electron chi connectivity index (χ0n) is 14.8. The van der Waals surface area contributed by atoms with Gasteiger partial charge in [-0.15, -0.1) is 0 Å². The summed E-state index contributed by atoms with van der Waals surface area (Å²) in [4.78, 5) is 17.0. The molecule has 2 bridgehead atoms. The molecule has 1 fully saturated rings. The minimum absolute atomic E-state index is 0.0922. The monoisotopic (exact) mass is 374 g/mol. The van der Waals surface area contributed by atoms with Crippen LogP contribution < -0.4 is 5.32 Å². The summed E-state index contributed by atoms with van der Waals surface area (Å²) in [5.41, 5.74) is 2.14. The number of fused-ring (bicyclic) bond motifs is 3. The minimum atomic E-state index is -3.30. The number of hydrogen-bond donors (Lipinski definition) is 1. The largest absolute Gasteiger partial charge is 0.354 e. The number of nitrogens with zero attached hydrogens (tertiary/aromatic N) is 3. The Labute approximate surface area is 153 Å². The zero-order valence-corrected chi connectivity index (χ0v) is 15.7. The maximum absolute atomic E-state index is 12.4. The Morgan fingerprint density at radius 1 is 1.19 bits per heavy atom. The van der Waals surface area contributed by atoms with Crippen LogP contribution in [-0.2, 0) is 23.0 Å². The van der Waals surface area contributed by atoms with E-state index in [1.165, 1.54) is 6.26 Å². The molecule has 1 amide bonds. The molecule has 2 aromatic rings. The third-order valence-electron chi connectivity index (χ3n) is 5.30. The summed E-state index contributed by atoms with van der Waals surface area (Å²) >= 11 is 0. The first-order chi connectivity index (χ1) is 12.4. The standard InChI is InChI=1S/C18H22N4O3S/c1-19-18(23)16-15-10-13-8-9-14(22(13)26(2,24)25)11-21(15)17(20-16)12-6-4-3-5-7-12/h3-7,13-14H,8-11H2,1-2H3,(H,19,23)/t13-,14+/m0/s1. The van der Waals surface area contributed by atoms with Gasteiger partial charge in [0.2, 0.25) is 10.0 Å². The average Bonchev–Trinajstić information content (AvgIpc) is 3.11. The van der Waals surface area contributed by atoms with E-state index in [0.717, 1.165) is 29.9 Å². The van der Waals surface area contributed by atoms with Crippen LogP contribution in [-0.4, -0.2) is 53.6 Å². The Bertz CT molecular complexity index is 952. The molecule has 1 saturated heterocycles. The van der Waals surface area contributed by atoms with Gasteiger partial charge in [-0.2, -0.15) is 4.31 Å². The fraction of sp³-hybridized carbons (Fsp3) is 0.444. The Morgan fingerprint density at radius 2 is 1.88 bits per heavy atom. The first-order valence-corrected chi connectivity index (χ1v) is 10.6. The molecular formula is C18H22N4O3S. The van der Waals surface area contributed by atoms with Crippen LogP contribution in [0.4, 0.5) is 0 Å². The molecular weight excluding hydrogens is 352 g/mol. The number of nitrogens with one attached hydrogen (secondary N) is 1. The van der Waals surface area contributed by atoms with Crippen molar-refractivity contribution in [2.75, 3.05) is 13.3 Å². The summed E-state index contributed by atoms with van der Waals surface area (Å²) in [6, 6.07) is 9.51. The molecule has 0 saturated carbocycles. The lowest BCUT2D eigenvalue weighted by Gasteiger charge is -2.25. The topological polar surface area (TPSA) is 84.3 Å². The van der Waals surface area contributed by atoms with Gasteiger partial charge in [0.1, 0.15) is 11.5 Å². The highest BCUT2D eigenvalue weighted by Crippen LogP contribution is 2.36. The maximum Gasteiger partial charge on any atom is 0.271 e. The quantitative estimate of drug-likeness (QED) is 0.877. The first kappa shape index (κ1) is 17.2. The van der Waals surface area contributed by atoms with Gasteiger partial charge in [0.25, 0.3) is 5.91 Å². The van der Waals surface area contributed by atoms with Gasteiger partial charge >= 0.3 is 0 Å². The lowest BCUT2D eigenvalue weighted by Crippen LogP contribution is -2.41. The normalized spacial score (nSPS) is 22.7. The number of sulfonamides is 1. The third-order valence-corrected chi connectivity index (χ3v) is 6.67. The summed E-state index contributed by atoms with van der Waals surface area (Å²) < 4.78 is 28.3. The smallest absolute Gasteiger partial charge is 0.271 e. The highest BCUT2D eigenvalue weighted by molar-refractivity contribution is 7.88. The Hall–Kier alpha value is -2.19. The molecule has 26 heavy (non-hydrogen) atoms. The van der Waals surface area contributed by atoms with Gasteiger partial charge in [-0.25, -0.2) is 13.4 Å². The second-order valence-electron chi connectivity index (χ2n) is 6.97. The van der Waals surface area contributed by atoms with Crippen molar-refractivity contribution in [2.45, 2.75) is 37.9 Å². The second kappa shape index (κ2) is 6.21. The van der Waals surface area contributed by atoms with Gasteiger partial charge in [0.15, 0.2) is 0 Å². The molecule has 0 radical (unpaired) electrons. The average molecular weight is 374 g/mol. The fourth-order valence-corrected chi connectivity index (χ4v) is 5.71. The van der Waals surface area contributed by atoms with E-state index in [9.17, 15) is 13.2 Å². The van der Waals surface area contributed by atoms with Crippen LogP contribution >= 0.6 is 0 Å². The Kier molecular flexibility index (Phi) is 4.11. The van der Waals surface area contributed by atoms with Crippen LogP contribution in [0, 0.1) is 0 Å². The lowest BCUT2D eigenvalue weighted by molar-refractivity contribution is 0.0957. The Balaban J connectivity index is 1.88. The number of rotatable bonds is 3. The van der Waals surface area contributed by atoms with Gasteiger partial charge < -0.3 is 9.88 Å². The number of hydrogen-bond acceptors (Lipinski definition) is 4. The molecule has 1 aromatic heterocycles. The highest BCUT2D eigenvalue weighted by Gasteiger charge is 2.44. The van der Waals surface area contributed by atoms with E-state index < -0.39 is 10.0 Å². The van der Waals surface area contributed by atoms with Gasteiger partial charge in [0, 0.05) is 37.7 Å². The van der Waals surface area contributed by atoms with Crippen LogP contribution in [0.3, 0.4) is 0 Å². The van der Waals surface area contributed by atoms with Gasteiger partial charge in [-0.05, 0) is 12.8 Å². The van der Waals surface area contributed by atoms with Crippen LogP contribution in [0.25, 0.3) is 11.4 Å².